The van der Waals surface area contributed by atoms with Gasteiger partial charge in [0, 0.05) is 38.4 Å². The predicted octanol–water partition coefficient (Wildman–Crippen LogP) is 1.17. The lowest BCUT2D eigenvalue weighted by atomic mass is 10.1. The third-order valence-corrected chi connectivity index (χ3v) is 4.32. The van der Waals surface area contributed by atoms with E-state index >= 15 is 0 Å². The van der Waals surface area contributed by atoms with E-state index < -0.39 is 0 Å². The molecule has 0 bridgehead atoms. The summed E-state index contributed by atoms with van der Waals surface area (Å²) in [6.07, 6.45) is 4.42. The lowest BCUT2D eigenvalue weighted by Crippen LogP contribution is -2.52. The first-order valence-electron chi connectivity index (χ1n) is 8.06. The van der Waals surface area contributed by atoms with E-state index in [2.05, 4.69) is 37.7 Å². The Bertz CT molecular complexity index is 494. The summed E-state index contributed by atoms with van der Waals surface area (Å²) in [5.74, 6) is 0.0483. The van der Waals surface area contributed by atoms with Crippen LogP contribution in [0, 0.1) is 0 Å². The van der Waals surface area contributed by atoms with Gasteiger partial charge in [-0.05, 0) is 27.2 Å². The van der Waals surface area contributed by atoms with Crippen molar-refractivity contribution in [3.63, 3.8) is 0 Å². The monoisotopic (exact) mass is 308 g/mol. The summed E-state index contributed by atoms with van der Waals surface area (Å²) in [4.78, 5) is 16.7. The highest BCUT2D eigenvalue weighted by Crippen LogP contribution is 2.16. The molecule has 0 spiro atoms. The molecule has 1 aliphatic rings. The Labute approximate surface area is 132 Å². The van der Waals surface area contributed by atoms with E-state index in [4.69, 9.17) is 0 Å². The minimum absolute atomic E-state index is 0.0483. The third-order valence-electron chi connectivity index (χ3n) is 4.32. The Morgan fingerprint density at radius 3 is 2.41 bits per heavy atom. The van der Waals surface area contributed by atoms with Gasteiger partial charge in [0.2, 0.25) is 0 Å². The van der Waals surface area contributed by atoms with Gasteiger partial charge >= 0.3 is 0 Å². The van der Waals surface area contributed by atoms with E-state index in [9.17, 15) is 9.90 Å². The summed E-state index contributed by atoms with van der Waals surface area (Å²) < 4.78 is 1.83. The molecule has 2 rings (SSSR count). The Morgan fingerprint density at radius 2 is 1.95 bits per heavy atom. The Hall–Kier alpha value is -1.40. The number of aromatic nitrogens is 2. The minimum Gasteiger partial charge on any atom is -0.395 e. The fraction of sp³-hybridized carbons (Fsp3) is 0.750. The standard InChI is InChI=1S/C16H28N4O2/c1-5-14(12-21)18-6-8-19(9-7-18)15(22)13-10-17-20(11-13)16(2,3)4/h10-11,14,21H,5-9,12H2,1-4H3. The fourth-order valence-electron chi connectivity index (χ4n) is 2.78. The van der Waals surface area contributed by atoms with Gasteiger partial charge in [0.25, 0.3) is 5.91 Å². The topological polar surface area (TPSA) is 61.6 Å². The highest BCUT2D eigenvalue weighted by molar-refractivity contribution is 5.93. The van der Waals surface area contributed by atoms with Crippen LogP contribution in [0.25, 0.3) is 0 Å². The van der Waals surface area contributed by atoms with Crippen LogP contribution in [0.2, 0.25) is 0 Å². The van der Waals surface area contributed by atoms with Gasteiger partial charge in [-0.2, -0.15) is 5.10 Å². The first-order chi connectivity index (χ1) is 10.4. The Morgan fingerprint density at radius 1 is 1.32 bits per heavy atom. The SMILES string of the molecule is CCC(CO)N1CCN(C(=O)c2cnn(C(C)(C)C)c2)CC1. The van der Waals surface area contributed by atoms with Gasteiger partial charge in [0.05, 0.1) is 23.9 Å². The van der Waals surface area contributed by atoms with Gasteiger partial charge < -0.3 is 10.0 Å². The molecule has 1 amide bonds. The molecule has 22 heavy (non-hydrogen) atoms. The van der Waals surface area contributed by atoms with Crippen molar-refractivity contribution in [3.8, 4) is 0 Å². The van der Waals surface area contributed by atoms with Crippen LogP contribution in [0.1, 0.15) is 44.5 Å². The van der Waals surface area contributed by atoms with Crippen molar-refractivity contribution in [1.82, 2.24) is 19.6 Å². The molecule has 1 aromatic rings. The summed E-state index contributed by atoms with van der Waals surface area (Å²) in [7, 11) is 0. The molecule has 2 heterocycles. The first-order valence-corrected chi connectivity index (χ1v) is 8.06. The van der Waals surface area contributed by atoms with Crippen LogP contribution in [0.3, 0.4) is 0 Å². The van der Waals surface area contributed by atoms with Crippen LogP contribution >= 0.6 is 0 Å². The number of piperazine rings is 1. The molecule has 0 radical (unpaired) electrons. The number of nitrogens with zero attached hydrogens (tertiary/aromatic N) is 4. The molecule has 124 valence electrons. The second-order valence-corrected chi connectivity index (χ2v) is 6.92. The zero-order valence-corrected chi connectivity index (χ0v) is 14.1. The van der Waals surface area contributed by atoms with Crippen molar-refractivity contribution >= 4 is 5.91 Å². The number of aliphatic hydroxyl groups excluding tert-OH is 1. The third kappa shape index (κ3) is 3.67. The number of carbonyl (C=O) groups is 1. The van der Waals surface area contributed by atoms with Crippen molar-refractivity contribution in [2.24, 2.45) is 0 Å². The molecule has 1 unspecified atom stereocenters. The van der Waals surface area contributed by atoms with Crippen LogP contribution in [-0.2, 0) is 5.54 Å². The van der Waals surface area contributed by atoms with E-state index in [0.717, 1.165) is 19.5 Å². The minimum atomic E-state index is -0.118. The van der Waals surface area contributed by atoms with E-state index in [-0.39, 0.29) is 24.1 Å². The van der Waals surface area contributed by atoms with E-state index in [1.807, 2.05) is 15.8 Å². The second-order valence-electron chi connectivity index (χ2n) is 6.92. The molecule has 1 aromatic heterocycles. The molecule has 0 aliphatic carbocycles. The molecule has 0 saturated carbocycles. The van der Waals surface area contributed by atoms with Crippen LogP contribution in [0.5, 0.6) is 0 Å². The van der Waals surface area contributed by atoms with E-state index in [0.29, 0.717) is 18.7 Å². The fourth-order valence-corrected chi connectivity index (χ4v) is 2.78. The molecule has 1 N–H and O–H groups in total. The van der Waals surface area contributed by atoms with E-state index in [1.54, 1.807) is 6.20 Å². The van der Waals surface area contributed by atoms with Crippen LogP contribution in [0.4, 0.5) is 0 Å². The zero-order valence-electron chi connectivity index (χ0n) is 14.1. The van der Waals surface area contributed by atoms with Crippen molar-refractivity contribution in [2.45, 2.75) is 45.7 Å². The number of hydrogen-bond donors (Lipinski definition) is 1. The molecule has 0 aromatic carbocycles. The van der Waals surface area contributed by atoms with Gasteiger partial charge in [-0.1, -0.05) is 6.92 Å². The molecule has 1 atom stereocenters. The highest BCUT2D eigenvalue weighted by atomic mass is 16.3. The smallest absolute Gasteiger partial charge is 0.257 e. The summed E-state index contributed by atoms with van der Waals surface area (Å²) >= 11 is 0. The van der Waals surface area contributed by atoms with Crippen molar-refractivity contribution in [3.05, 3.63) is 18.0 Å². The van der Waals surface area contributed by atoms with E-state index in [1.165, 1.54) is 0 Å². The van der Waals surface area contributed by atoms with Gasteiger partial charge in [-0.3, -0.25) is 14.4 Å². The number of amides is 1. The first kappa shape index (κ1) is 17.0. The summed E-state index contributed by atoms with van der Waals surface area (Å²) in [6, 6.07) is 0.209. The van der Waals surface area contributed by atoms with Gasteiger partial charge in [0.15, 0.2) is 0 Å². The van der Waals surface area contributed by atoms with Crippen molar-refractivity contribution in [2.75, 3.05) is 32.8 Å². The average molecular weight is 308 g/mol. The lowest BCUT2D eigenvalue weighted by Gasteiger charge is -2.38. The lowest BCUT2D eigenvalue weighted by molar-refractivity contribution is 0.0472. The van der Waals surface area contributed by atoms with Gasteiger partial charge in [-0.25, -0.2) is 0 Å². The zero-order chi connectivity index (χ0) is 16.3. The molecule has 1 aliphatic heterocycles. The summed E-state index contributed by atoms with van der Waals surface area (Å²) in [5.41, 5.74) is 0.532. The largest absolute Gasteiger partial charge is 0.395 e. The average Bonchev–Trinajstić information content (AvgIpc) is 2.98. The van der Waals surface area contributed by atoms with Crippen LogP contribution < -0.4 is 0 Å². The normalized spacial score (nSPS) is 18.5. The maximum atomic E-state index is 12.6. The highest BCUT2D eigenvalue weighted by Gasteiger charge is 2.26. The number of hydrogen-bond acceptors (Lipinski definition) is 4. The van der Waals surface area contributed by atoms with Crippen LogP contribution in [-0.4, -0.2) is 69.4 Å². The van der Waals surface area contributed by atoms with Crippen molar-refractivity contribution < 1.29 is 9.90 Å². The molecular formula is C16H28N4O2. The maximum Gasteiger partial charge on any atom is 0.257 e. The maximum absolute atomic E-state index is 12.6. The van der Waals surface area contributed by atoms with Gasteiger partial charge in [0.1, 0.15) is 0 Å². The van der Waals surface area contributed by atoms with Crippen molar-refractivity contribution in [1.29, 1.82) is 0 Å². The Balaban J connectivity index is 1.96. The summed E-state index contributed by atoms with van der Waals surface area (Å²) in [6.45, 7) is 11.5. The van der Waals surface area contributed by atoms with Gasteiger partial charge in [-0.15, -0.1) is 0 Å². The molecular weight excluding hydrogens is 280 g/mol. The molecule has 1 fully saturated rings. The number of rotatable bonds is 4. The Kier molecular flexibility index (Phi) is 5.24. The predicted molar refractivity (Wildman–Crippen MR) is 85.9 cm³/mol. The number of aliphatic hydroxyl groups is 1. The summed E-state index contributed by atoms with van der Waals surface area (Å²) in [5, 5.41) is 13.7. The molecule has 6 heteroatoms. The second kappa shape index (κ2) is 6.79. The molecule has 1 saturated heterocycles. The number of carbonyl (C=O) groups excluding carboxylic acids is 1. The quantitative estimate of drug-likeness (QED) is 0.907. The molecule has 6 nitrogen and oxygen atoms in total. The van der Waals surface area contributed by atoms with Crippen LogP contribution in [0.15, 0.2) is 12.4 Å².